The standard InChI is InChI=1S/C14H25NO5/c1-3-10-8-11(12(9-10)14(18)19)13(17)15(4-6-16)5-7-20-2/h10-12,16H,3-9H2,1-2H3,(H,18,19)/t10?,11-,12+/m0/s1. The summed E-state index contributed by atoms with van der Waals surface area (Å²) in [6.45, 7) is 2.88. The average Bonchev–Trinajstić information content (AvgIpc) is 2.87. The number of aliphatic hydroxyl groups excluding tert-OH is 1. The van der Waals surface area contributed by atoms with Gasteiger partial charge >= 0.3 is 5.97 Å². The molecule has 20 heavy (non-hydrogen) atoms. The maximum absolute atomic E-state index is 12.5. The zero-order chi connectivity index (χ0) is 15.1. The first-order valence-corrected chi connectivity index (χ1v) is 7.16. The van der Waals surface area contributed by atoms with Crippen LogP contribution in [0.4, 0.5) is 0 Å². The SMILES string of the molecule is CCC1C[C@H](C(=O)N(CCO)CCOC)[C@H](C(=O)O)C1. The lowest BCUT2D eigenvalue weighted by atomic mass is 9.94. The zero-order valence-corrected chi connectivity index (χ0v) is 12.2. The highest BCUT2D eigenvalue weighted by Gasteiger charge is 2.43. The number of hydrogen-bond acceptors (Lipinski definition) is 4. The van der Waals surface area contributed by atoms with Crippen molar-refractivity contribution in [2.45, 2.75) is 26.2 Å². The second-order valence-corrected chi connectivity index (χ2v) is 5.34. The van der Waals surface area contributed by atoms with Crippen molar-refractivity contribution in [2.24, 2.45) is 17.8 Å². The number of ether oxygens (including phenoxy) is 1. The number of aliphatic carboxylic acids is 1. The second-order valence-electron chi connectivity index (χ2n) is 5.34. The number of amides is 1. The van der Waals surface area contributed by atoms with Gasteiger partial charge in [0.15, 0.2) is 0 Å². The highest BCUT2D eigenvalue weighted by molar-refractivity contribution is 5.85. The molecule has 1 unspecified atom stereocenters. The Morgan fingerprint density at radius 3 is 2.40 bits per heavy atom. The molecule has 1 fully saturated rings. The lowest BCUT2D eigenvalue weighted by Crippen LogP contribution is -2.42. The first-order valence-electron chi connectivity index (χ1n) is 7.16. The molecule has 0 aromatic rings. The van der Waals surface area contributed by atoms with Crippen LogP contribution in [0.1, 0.15) is 26.2 Å². The van der Waals surface area contributed by atoms with E-state index in [1.807, 2.05) is 6.92 Å². The van der Waals surface area contributed by atoms with E-state index in [0.717, 1.165) is 6.42 Å². The van der Waals surface area contributed by atoms with E-state index in [-0.39, 0.29) is 19.1 Å². The molecule has 0 spiro atoms. The van der Waals surface area contributed by atoms with E-state index >= 15 is 0 Å². The molecule has 1 amide bonds. The summed E-state index contributed by atoms with van der Waals surface area (Å²) in [6, 6.07) is 0. The number of carbonyl (C=O) groups excluding carboxylic acids is 1. The molecule has 6 nitrogen and oxygen atoms in total. The molecular formula is C14H25NO5. The molecule has 1 saturated carbocycles. The molecule has 1 aliphatic rings. The normalized spacial score (nSPS) is 25.6. The number of carboxylic acid groups (broad SMARTS) is 1. The molecule has 1 rings (SSSR count). The molecule has 0 heterocycles. The van der Waals surface area contributed by atoms with Gasteiger partial charge in [0.05, 0.1) is 25.0 Å². The third-order valence-electron chi connectivity index (χ3n) is 4.12. The van der Waals surface area contributed by atoms with Gasteiger partial charge in [0, 0.05) is 20.2 Å². The highest BCUT2D eigenvalue weighted by atomic mass is 16.5. The van der Waals surface area contributed by atoms with Gasteiger partial charge in [0.25, 0.3) is 0 Å². The van der Waals surface area contributed by atoms with Crippen molar-refractivity contribution in [1.29, 1.82) is 0 Å². The summed E-state index contributed by atoms with van der Waals surface area (Å²) < 4.78 is 4.96. The number of carbonyl (C=O) groups is 2. The minimum atomic E-state index is -0.894. The number of aliphatic hydroxyl groups is 1. The minimum absolute atomic E-state index is 0.128. The summed E-state index contributed by atoms with van der Waals surface area (Å²) in [7, 11) is 1.55. The van der Waals surface area contributed by atoms with Crippen LogP contribution in [-0.4, -0.2) is 60.4 Å². The molecule has 0 aromatic heterocycles. The van der Waals surface area contributed by atoms with E-state index < -0.39 is 17.8 Å². The van der Waals surface area contributed by atoms with Crippen LogP contribution in [0.25, 0.3) is 0 Å². The third kappa shape index (κ3) is 4.18. The summed E-state index contributed by atoms with van der Waals surface area (Å²) in [5.74, 6) is -1.84. The Labute approximate surface area is 119 Å². The van der Waals surface area contributed by atoms with Crippen molar-refractivity contribution >= 4 is 11.9 Å². The summed E-state index contributed by atoms with van der Waals surface area (Å²) in [5.41, 5.74) is 0. The second kappa shape index (κ2) is 8.21. The Morgan fingerprint density at radius 2 is 1.90 bits per heavy atom. The van der Waals surface area contributed by atoms with Gasteiger partial charge in [-0.25, -0.2) is 0 Å². The number of carboxylic acids is 1. The summed E-state index contributed by atoms with van der Waals surface area (Å²) in [6.07, 6.45) is 2.09. The molecule has 6 heteroatoms. The highest BCUT2D eigenvalue weighted by Crippen LogP contribution is 2.39. The Morgan fingerprint density at radius 1 is 1.25 bits per heavy atom. The zero-order valence-electron chi connectivity index (χ0n) is 12.2. The average molecular weight is 287 g/mol. The lowest BCUT2D eigenvalue weighted by molar-refractivity contribution is -0.149. The fourth-order valence-corrected chi connectivity index (χ4v) is 2.91. The number of hydrogen-bond donors (Lipinski definition) is 2. The summed E-state index contributed by atoms with van der Waals surface area (Å²) in [4.78, 5) is 25.4. The fourth-order valence-electron chi connectivity index (χ4n) is 2.91. The lowest BCUT2D eigenvalue weighted by Gasteiger charge is -2.26. The Bertz CT molecular complexity index is 334. The van der Waals surface area contributed by atoms with Gasteiger partial charge in [0.1, 0.15) is 0 Å². The number of methoxy groups -OCH3 is 1. The smallest absolute Gasteiger partial charge is 0.307 e. The predicted octanol–water partition coefficient (Wildman–Crippen LogP) is 0.591. The van der Waals surface area contributed by atoms with Gasteiger partial charge in [-0.1, -0.05) is 13.3 Å². The van der Waals surface area contributed by atoms with E-state index in [4.69, 9.17) is 9.84 Å². The Hall–Kier alpha value is -1.14. The van der Waals surface area contributed by atoms with E-state index in [0.29, 0.717) is 31.9 Å². The van der Waals surface area contributed by atoms with Crippen molar-refractivity contribution < 1.29 is 24.5 Å². The minimum Gasteiger partial charge on any atom is -0.481 e. The van der Waals surface area contributed by atoms with Crippen LogP contribution in [-0.2, 0) is 14.3 Å². The topological polar surface area (TPSA) is 87.1 Å². The molecule has 3 atom stereocenters. The molecule has 0 radical (unpaired) electrons. The summed E-state index contributed by atoms with van der Waals surface area (Å²) >= 11 is 0. The van der Waals surface area contributed by atoms with Crippen LogP contribution in [0.5, 0.6) is 0 Å². The van der Waals surface area contributed by atoms with Crippen molar-refractivity contribution in [3.63, 3.8) is 0 Å². The van der Waals surface area contributed by atoms with Crippen LogP contribution in [0, 0.1) is 17.8 Å². The number of rotatable bonds is 8. The van der Waals surface area contributed by atoms with Crippen LogP contribution in [0.2, 0.25) is 0 Å². The molecular weight excluding hydrogens is 262 g/mol. The van der Waals surface area contributed by atoms with Crippen LogP contribution < -0.4 is 0 Å². The molecule has 116 valence electrons. The van der Waals surface area contributed by atoms with Gasteiger partial charge in [-0.2, -0.15) is 0 Å². The van der Waals surface area contributed by atoms with E-state index in [9.17, 15) is 14.7 Å². The largest absolute Gasteiger partial charge is 0.481 e. The first-order chi connectivity index (χ1) is 9.54. The predicted molar refractivity (Wildman–Crippen MR) is 73.2 cm³/mol. The van der Waals surface area contributed by atoms with Crippen LogP contribution in [0.15, 0.2) is 0 Å². The molecule has 1 aliphatic carbocycles. The van der Waals surface area contributed by atoms with Crippen molar-refractivity contribution in [3.8, 4) is 0 Å². The maximum atomic E-state index is 12.5. The number of nitrogens with zero attached hydrogens (tertiary/aromatic N) is 1. The van der Waals surface area contributed by atoms with Gasteiger partial charge in [-0.15, -0.1) is 0 Å². The maximum Gasteiger partial charge on any atom is 0.307 e. The van der Waals surface area contributed by atoms with E-state index in [1.165, 1.54) is 4.90 Å². The van der Waals surface area contributed by atoms with Crippen molar-refractivity contribution in [1.82, 2.24) is 4.90 Å². The Kier molecular flexibility index (Phi) is 6.95. The summed E-state index contributed by atoms with van der Waals surface area (Å²) in [5, 5.41) is 18.3. The van der Waals surface area contributed by atoms with Gasteiger partial charge in [-0.3, -0.25) is 9.59 Å². The van der Waals surface area contributed by atoms with Gasteiger partial charge in [0.2, 0.25) is 5.91 Å². The van der Waals surface area contributed by atoms with Gasteiger partial charge in [-0.05, 0) is 18.8 Å². The van der Waals surface area contributed by atoms with Crippen molar-refractivity contribution in [3.05, 3.63) is 0 Å². The van der Waals surface area contributed by atoms with Gasteiger partial charge < -0.3 is 19.8 Å². The van der Waals surface area contributed by atoms with E-state index in [2.05, 4.69) is 0 Å². The van der Waals surface area contributed by atoms with Crippen molar-refractivity contribution in [2.75, 3.05) is 33.4 Å². The first kappa shape index (κ1) is 16.9. The molecule has 2 N–H and O–H groups in total. The van der Waals surface area contributed by atoms with Crippen LogP contribution in [0.3, 0.4) is 0 Å². The molecule has 0 bridgehead atoms. The molecule has 0 saturated heterocycles. The monoisotopic (exact) mass is 287 g/mol. The molecule has 0 aromatic carbocycles. The van der Waals surface area contributed by atoms with Crippen LogP contribution >= 0.6 is 0 Å². The Balaban J connectivity index is 2.76. The van der Waals surface area contributed by atoms with E-state index in [1.54, 1.807) is 7.11 Å². The fraction of sp³-hybridized carbons (Fsp3) is 0.857. The quantitative estimate of drug-likeness (QED) is 0.682. The third-order valence-corrected chi connectivity index (χ3v) is 4.12. The molecule has 0 aliphatic heterocycles.